The van der Waals surface area contributed by atoms with Crippen molar-refractivity contribution in [2.45, 2.75) is 12.0 Å². The average Bonchev–Trinajstić information content (AvgIpc) is 2.52. The van der Waals surface area contributed by atoms with Crippen LogP contribution in [0.3, 0.4) is 0 Å². The minimum atomic E-state index is -3.13. The number of para-hydroxylation sites is 1. The maximum atomic E-state index is 14.4. The van der Waals surface area contributed by atoms with E-state index in [-0.39, 0.29) is 0 Å². The van der Waals surface area contributed by atoms with Crippen LogP contribution in [0.4, 0.5) is 14.5 Å². The number of halogens is 2. The number of anilines is 1. The highest BCUT2D eigenvalue weighted by molar-refractivity contribution is 5.46. The summed E-state index contributed by atoms with van der Waals surface area (Å²) in [7, 11) is 0. The van der Waals surface area contributed by atoms with Crippen molar-refractivity contribution in [2.75, 3.05) is 11.9 Å². The molecule has 4 heteroatoms. The topological polar surface area (TPSA) is 32.3 Å². The maximum Gasteiger partial charge on any atom is 0.290 e. The Morgan fingerprint density at radius 1 is 1.00 bits per heavy atom. The lowest BCUT2D eigenvalue weighted by molar-refractivity contribution is 0.0324. The summed E-state index contributed by atoms with van der Waals surface area (Å²) in [6.07, 6.45) is 1.79. The minimum absolute atomic E-state index is 0.414. The second kappa shape index (κ2) is 6.99. The highest BCUT2D eigenvalue weighted by Crippen LogP contribution is 2.35. The fourth-order valence-corrected chi connectivity index (χ4v) is 2.05. The normalized spacial score (nSPS) is 13.3. The fourth-order valence-electron chi connectivity index (χ4n) is 2.05. The Hall–Kier alpha value is -2.20. The molecule has 21 heavy (non-hydrogen) atoms. The molecule has 0 saturated carbocycles. The van der Waals surface area contributed by atoms with E-state index in [1.165, 1.54) is 0 Å². The molecule has 0 radical (unpaired) electrons. The first-order valence-electron chi connectivity index (χ1n) is 6.66. The van der Waals surface area contributed by atoms with E-state index in [1.807, 2.05) is 6.07 Å². The Morgan fingerprint density at radius 2 is 1.57 bits per heavy atom. The van der Waals surface area contributed by atoms with E-state index in [4.69, 9.17) is 5.11 Å². The molecule has 110 valence electrons. The summed E-state index contributed by atoms with van der Waals surface area (Å²) in [6, 6.07) is 16.2. The van der Waals surface area contributed by atoms with Crippen LogP contribution < -0.4 is 5.32 Å². The van der Waals surface area contributed by atoms with E-state index >= 15 is 0 Å². The first-order valence-corrected chi connectivity index (χ1v) is 6.66. The zero-order chi connectivity index (χ0) is 15.1. The van der Waals surface area contributed by atoms with Crippen LogP contribution in [0.15, 0.2) is 72.8 Å². The molecule has 2 rings (SSSR count). The van der Waals surface area contributed by atoms with E-state index < -0.39 is 18.6 Å². The lowest BCUT2D eigenvalue weighted by Gasteiger charge is -2.27. The molecule has 2 aromatic carbocycles. The minimum Gasteiger partial charge on any atom is -0.392 e. The molecular formula is C17H17F2NO. The van der Waals surface area contributed by atoms with Gasteiger partial charge in [-0.1, -0.05) is 54.6 Å². The van der Waals surface area contributed by atoms with Crippen LogP contribution in [0.5, 0.6) is 0 Å². The highest BCUT2D eigenvalue weighted by atomic mass is 19.3. The molecule has 0 aromatic heterocycles. The van der Waals surface area contributed by atoms with E-state index in [9.17, 15) is 8.78 Å². The molecule has 2 nitrogen and oxygen atoms in total. The van der Waals surface area contributed by atoms with Crippen LogP contribution >= 0.6 is 0 Å². The summed E-state index contributed by atoms with van der Waals surface area (Å²) in [5.41, 5.74) is 1.09. The van der Waals surface area contributed by atoms with Crippen LogP contribution in [-0.2, 0) is 0 Å². The fraction of sp³-hybridized carbons (Fsp3) is 0.176. The molecular weight excluding hydrogens is 272 g/mol. The van der Waals surface area contributed by atoms with Crippen molar-refractivity contribution in [1.82, 2.24) is 0 Å². The number of hydrogen-bond donors (Lipinski definition) is 2. The van der Waals surface area contributed by atoms with Crippen molar-refractivity contribution in [3.63, 3.8) is 0 Å². The first-order chi connectivity index (χ1) is 10.1. The van der Waals surface area contributed by atoms with E-state index in [0.29, 0.717) is 11.3 Å². The number of rotatable bonds is 6. The molecule has 2 aromatic rings. The summed E-state index contributed by atoms with van der Waals surface area (Å²) in [5, 5.41) is 11.6. The third-order valence-corrected chi connectivity index (χ3v) is 3.05. The molecule has 0 heterocycles. The molecule has 0 aliphatic rings. The molecule has 0 bridgehead atoms. The molecule has 0 fully saturated rings. The van der Waals surface area contributed by atoms with E-state index in [0.717, 1.165) is 12.2 Å². The van der Waals surface area contributed by atoms with Gasteiger partial charge in [0.1, 0.15) is 6.04 Å². The van der Waals surface area contributed by atoms with Crippen molar-refractivity contribution in [1.29, 1.82) is 0 Å². The third kappa shape index (κ3) is 4.13. The van der Waals surface area contributed by atoms with Gasteiger partial charge >= 0.3 is 0 Å². The predicted molar refractivity (Wildman–Crippen MR) is 80.4 cm³/mol. The first kappa shape index (κ1) is 15.2. The SMILES string of the molecule is OC/C=C/C(F)(F)C(Nc1ccccc1)c1ccccc1. The van der Waals surface area contributed by atoms with Crippen LogP contribution in [0.1, 0.15) is 11.6 Å². The Bertz CT molecular complexity index is 570. The maximum absolute atomic E-state index is 14.4. The number of aliphatic hydroxyl groups is 1. The molecule has 1 unspecified atom stereocenters. The van der Waals surface area contributed by atoms with Crippen LogP contribution in [0, 0.1) is 0 Å². The molecule has 1 atom stereocenters. The van der Waals surface area contributed by atoms with Crippen molar-refractivity contribution in [3.05, 3.63) is 78.4 Å². The summed E-state index contributed by atoms with van der Waals surface area (Å²) in [4.78, 5) is 0. The lowest BCUT2D eigenvalue weighted by atomic mass is 9.99. The van der Waals surface area contributed by atoms with E-state index in [1.54, 1.807) is 54.6 Å². The van der Waals surface area contributed by atoms with E-state index in [2.05, 4.69) is 5.32 Å². The molecule has 0 spiro atoms. The van der Waals surface area contributed by atoms with Gasteiger partial charge in [-0.2, -0.15) is 8.78 Å². The summed E-state index contributed by atoms with van der Waals surface area (Å²) in [5.74, 6) is -3.13. The Morgan fingerprint density at radius 3 is 2.14 bits per heavy atom. The molecule has 0 aliphatic heterocycles. The van der Waals surface area contributed by atoms with Gasteiger partial charge in [0.25, 0.3) is 5.92 Å². The summed E-state index contributed by atoms with van der Waals surface area (Å²) in [6.45, 7) is -0.414. The van der Waals surface area contributed by atoms with Crippen molar-refractivity contribution in [3.8, 4) is 0 Å². The van der Waals surface area contributed by atoms with Crippen LogP contribution in [-0.4, -0.2) is 17.6 Å². The second-order valence-electron chi connectivity index (χ2n) is 4.61. The van der Waals surface area contributed by atoms with Gasteiger partial charge in [0, 0.05) is 5.69 Å². The van der Waals surface area contributed by atoms with Crippen molar-refractivity contribution < 1.29 is 13.9 Å². The number of hydrogen-bond acceptors (Lipinski definition) is 2. The smallest absolute Gasteiger partial charge is 0.290 e. The van der Waals surface area contributed by atoms with Gasteiger partial charge < -0.3 is 10.4 Å². The highest BCUT2D eigenvalue weighted by Gasteiger charge is 2.37. The lowest BCUT2D eigenvalue weighted by Crippen LogP contribution is -2.30. The van der Waals surface area contributed by atoms with Gasteiger partial charge in [-0.15, -0.1) is 0 Å². The summed E-state index contributed by atoms with van der Waals surface area (Å²) < 4.78 is 28.8. The van der Waals surface area contributed by atoms with Crippen LogP contribution in [0.2, 0.25) is 0 Å². The Balaban J connectivity index is 2.33. The van der Waals surface area contributed by atoms with Crippen molar-refractivity contribution >= 4 is 5.69 Å². The standard InChI is InChI=1S/C17H17F2NO/c18-17(19,12-7-13-21)16(14-8-3-1-4-9-14)20-15-10-5-2-6-11-15/h1-12,16,20-21H,13H2/b12-7+. The van der Waals surface area contributed by atoms with Crippen molar-refractivity contribution in [2.24, 2.45) is 0 Å². The van der Waals surface area contributed by atoms with Gasteiger partial charge in [0.2, 0.25) is 0 Å². The molecule has 0 aliphatic carbocycles. The monoisotopic (exact) mass is 289 g/mol. The molecule has 0 saturated heterocycles. The summed E-state index contributed by atoms with van der Waals surface area (Å²) >= 11 is 0. The van der Waals surface area contributed by atoms with Gasteiger partial charge in [-0.25, -0.2) is 0 Å². The largest absolute Gasteiger partial charge is 0.392 e. The second-order valence-corrected chi connectivity index (χ2v) is 4.61. The van der Waals surface area contributed by atoms with Gasteiger partial charge in [0.05, 0.1) is 6.61 Å². The average molecular weight is 289 g/mol. The Labute approximate surface area is 122 Å². The van der Waals surface area contributed by atoms with Gasteiger partial charge in [-0.05, 0) is 23.8 Å². The number of nitrogens with one attached hydrogen (secondary N) is 1. The Kier molecular flexibility index (Phi) is 5.06. The molecule has 2 N–H and O–H groups in total. The number of aliphatic hydroxyl groups excluding tert-OH is 1. The van der Waals surface area contributed by atoms with Crippen LogP contribution in [0.25, 0.3) is 0 Å². The predicted octanol–water partition coefficient (Wildman–Crippen LogP) is 4.02. The molecule has 0 amide bonds. The van der Waals surface area contributed by atoms with Gasteiger partial charge in [0.15, 0.2) is 0 Å². The zero-order valence-corrected chi connectivity index (χ0v) is 11.4. The quantitative estimate of drug-likeness (QED) is 0.787. The van der Waals surface area contributed by atoms with Gasteiger partial charge in [-0.3, -0.25) is 0 Å². The number of alkyl halides is 2. The zero-order valence-electron chi connectivity index (χ0n) is 11.4. The number of benzene rings is 2. The third-order valence-electron chi connectivity index (χ3n) is 3.05.